The van der Waals surface area contributed by atoms with Gasteiger partial charge >= 0.3 is 0 Å². The Morgan fingerprint density at radius 1 is 1.12 bits per heavy atom. The molecule has 1 fully saturated rings. The fourth-order valence-corrected chi connectivity index (χ4v) is 3.42. The summed E-state index contributed by atoms with van der Waals surface area (Å²) in [5, 5.41) is 14.8. The van der Waals surface area contributed by atoms with E-state index in [0.717, 1.165) is 30.6 Å². The number of aliphatic hydroxyl groups is 1. The van der Waals surface area contributed by atoms with Crippen molar-refractivity contribution in [2.75, 3.05) is 7.11 Å². The summed E-state index contributed by atoms with van der Waals surface area (Å²) in [6, 6.07) is 15.3. The van der Waals surface area contributed by atoms with Gasteiger partial charge in [0, 0.05) is 17.6 Å². The Bertz CT molecular complexity index is 694. The number of hydrogen-bond acceptors (Lipinski definition) is 4. The second kappa shape index (κ2) is 8.56. The Labute approximate surface area is 153 Å². The van der Waals surface area contributed by atoms with E-state index < -0.39 is 6.10 Å². The van der Waals surface area contributed by atoms with Gasteiger partial charge in [-0.1, -0.05) is 29.8 Å². The van der Waals surface area contributed by atoms with Crippen molar-refractivity contribution in [3.63, 3.8) is 0 Å². The van der Waals surface area contributed by atoms with E-state index in [1.807, 2.05) is 42.5 Å². The molecule has 25 heavy (non-hydrogen) atoms. The number of nitrogens with one attached hydrogen (secondary N) is 1. The van der Waals surface area contributed by atoms with Crippen LogP contribution in [0.1, 0.15) is 24.8 Å². The molecule has 2 N–H and O–H groups in total. The summed E-state index contributed by atoms with van der Waals surface area (Å²) in [5.74, 6) is 1.54. The molecule has 0 heterocycles. The second-order valence-corrected chi connectivity index (χ2v) is 6.81. The van der Waals surface area contributed by atoms with Gasteiger partial charge in [0.1, 0.15) is 23.7 Å². The van der Waals surface area contributed by atoms with E-state index >= 15 is 0 Å². The monoisotopic (exact) mass is 361 g/mol. The van der Waals surface area contributed by atoms with Gasteiger partial charge in [0.05, 0.1) is 7.11 Å². The lowest BCUT2D eigenvalue weighted by molar-refractivity contribution is -0.0157. The molecule has 2 aromatic rings. The number of halogens is 1. The van der Waals surface area contributed by atoms with Gasteiger partial charge in [-0.2, -0.15) is 0 Å². The summed E-state index contributed by atoms with van der Waals surface area (Å²) in [6.07, 6.45) is 2.00. The van der Waals surface area contributed by atoms with Crippen LogP contribution in [0.3, 0.4) is 0 Å². The highest BCUT2D eigenvalue weighted by molar-refractivity contribution is 6.30. The average Bonchev–Trinajstić information content (AvgIpc) is 2.63. The molecule has 0 bridgehead atoms. The Morgan fingerprint density at radius 3 is 2.72 bits per heavy atom. The van der Waals surface area contributed by atoms with Gasteiger partial charge in [-0.3, -0.25) is 0 Å². The van der Waals surface area contributed by atoms with Crippen LogP contribution in [0.2, 0.25) is 5.02 Å². The lowest BCUT2D eigenvalue weighted by atomic mass is 9.89. The highest BCUT2D eigenvalue weighted by Crippen LogP contribution is 2.26. The van der Waals surface area contributed by atoms with Crippen LogP contribution in [0, 0.1) is 0 Å². The van der Waals surface area contributed by atoms with Crippen LogP contribution >= 0.6 is 11.6 Å². The lowest BCUT2D eigenvalue weighted by Gasteiger charge is -2.35. The van der Waals surface area contributed by atoms with Gasteiger partial charge in [0.15, 0.2) is 0 Å². The molecule has 0 radical (unpaired) electrons. The molecule has 3 rings (SSSR count). The van der Waals surface area contributed by atoms with E-state index in [1.165, 1.54) is 0 Å². The molecule has 0 aromatic heterocycles. The van der Waals surface area contributed by atoms with Crippen molar-refractivity contribution >= 4 is 11.6 Å². The fourth-order valence-electron chi connectivity index (χ4n) is 3.24. The van der Waals surface area contributed by atoms with Crippen molar-refractivity contribution in [1.29, 1.82) is 0 Å². The van der Waals surface area contributed by atoms with Gasteiger partial charge in [-0.25, -0.2) is 0 Å². The van der Waals surface area contributed by atoms with Gasteiger partial charge in [0.2, 0.25) is 0 Å². The predicted octanol–water partition coefficient (Wildman–Crippen LogP) is 3.80. The topological polar surface area (TPSA) is 50.7 Å². The quantitative estimate of drug-likeness (QED) is 0.821. The van der Waals surface area contributed by atoms with E-state index in [1.54, 1.807) is 13.2 Å². The molecule has 3 atom stereocenters. The molecule has 134 valence electrons. The molecule has 0 amide bonds. The largest absolute Gasteiger partial charge is 0.497 e. The number of methoxy groups -OCH3 is 1. The van der Waals surface area contributed by atoms with Crippen LogP contribution < -0.4 is 14.8 Å². The molecule has 1 saturated carbocycles. The van der Waals surface area contributed by atoms with Crippen molar-refractivity contribution in [2.45, 2.75) is 44.1 Å². The molecule has 4 nitrogen and oxygen atoms in total. The van der Waals surface area contributed by atoms with Crippen LogP contribution in [0.25, 0.3) is 0 Å². The molecule has 5 heteroatoms. The van der Waals surface area contributed by atoms with Gasteiger partial charge in [0.25, 0.3) is 0 Å². The molecule has 1 aliphatic rings. The number of benzene rings is 2. The zero-order valence-electron chi connectivity index (χ0n) is 14.3. The number of rotatable bonds is 6. The summed E-state index contributed by atoms with van der Waals surface area (Å²) in [6.45, 7) is 0.683. The standard InChI is InChI=1S/C20H24ClNO3/c1-24-16-7-2-5-14(11-16)13-22-18-9-4-10-19(20(18)23)25-17-8-3-6-15(21)12-17/h2-3,5-8,11-12,18-20,22-23H,4,9-10,13H2,1H3/t18-,19+,20+/m0/s1. The minimum Gasteiger partial charge on any atom is -0.497 e. The van der Waals surface area contributed by atoms with Crippen molar-refractivity contribution < 1.29 is 14.6 Å². The summed E-state index contributed by atoms with van der Waals surface area (Å²) >= 11 is 6.00. The normalized spacial score (nSPS) is 23.2. The molecule has 0 saturated heterocycles. The summed E-state index contributed by atoms with van der Waals surface area (Å²) in [4.78, 5) is 0. The molecule has 1 aliphatic carbocycles. The molecule has 0 spiro atoms. The Hall–Kier alpha value is -1.75. The first-order chi connectivity index (χ1) is 12.2. The van der Waals surface area contributed by atoms with Crippen LogP contribution in [-0.4, -0.2) is 30.5 Å². The summed E-state index contributed by atoms with van der Waals surface area (Å²) in [5.41, 5.74) is 1.13. The maximum absolute atomic E-state index is 10.7. The Morgan fingerprint density at radius 2 is 1.92 bits per heavy atom. The Balaban J connectivity index is 1.58. The van der Waals surface area contributed by atoms with Crippen molar-refractivity contribution in [1.82, 2.24) is 5.32 Å². The van der Waals surface area contributed by atoms with E-state index in [0.29, 0.717) is 17.3 Å². The number of hydrogen-bond donors (Lipinski definition) is 2. The smallest absolute Gasteiger partial charge is 0.126 e. The van der Waals surface area contributed by atoms with Crippen molar-refractivity contribution in [3.8, 4) is 11.5 Å². The Kier molecular flexibility index (Phi) is 6.19. The first kappa shape index (κ1) is 18.1. The van der Waals surface area contributed by atoms with E-state index in [4.69, 9.17) is 21.1 Å². The van der Waals surface area contributed by atoms with Crippen LogP contribution in [0.15, 0.2) is 48.5 Å². The summed E-state index contributed by atoms with van der Waals surface area (Å²) in [7, 11) is 1.66. The SMILES string of the molecule is COc1cccc(CN[C@H]2CCC[C@@H](Oc3cccc(Cl)c3)[C@@H]2O)c1. The molecular formula is C20H24ClNO3. The van der Waals surface area contributed by atoms with Gasteiger partial charge in [-0.05, 0) is 55.2 Å². The maximum Gasteiger partial charge on any atom is 0.126 e. The molecule has 2 aromatic carbocycles. The zero-order chi connectivity index (χ0) is 17.6. The second-order valence-electron chi connectivity index (χ2n) is 6.37. The minimum absolute atomic E-state index is 0.00383. The molecular weight excluding hydrogens is 338 g/mol. The van der Waals surface area contributed by atoms with Gasteiger partial charge < -0.3 is 19.9 Å². The third-order valence-electron chi connectivity index (χ3n) is 4.58. The van der Waals surface area contributed by atoms with Crippen LogP contribution in [0.5, 0.6) is 11.5 Å². The highest BCUT2D eigenvalue weighted by Gasteiger charge is 2.33. The first-order valence-corrected chi connectivity index (χ1v) is 9.00. The third-order valence-corrected chi connectivity index (χ3v) is 4.82. The minimum atomic E-state index is -0.557. The van der Waals surface area contributed by atoms with E-state index in [2.05, 4.69) is 5.32 Å². The molecule has 0 aliphatic heterocycles. The van der Waals surface area contributed by atoms with Crippen LogP contribution in [-0.2, 0) is 6.54 Å². The van der Waals surface area contributed by atoms with E-state index in [-0.39, 0.29) is 12.1 Å². The average molecular weight is 362 g/mol. The predicted molar refractivity (Wildman–Crippen MR) is 99.3 cm³/mol. The third kappa shape index (κ3) is 4.88. The van der Waals surface area contributed by atoms with Gasteiger partial charge in [-0.15, -0.1) is 0 Å². The fraction of sp³-hybridized carbons (Fsp3) is 0.400. The van der Waals surface area contributed by atoms with Crippen molar-refractivity contribution in [3.05, 3.63) is 59.1 Å². The van der Waals surface area contributed by atoms with Crippen molar-refractivity contribution in [2.24, 2.45) is 0 Å². The number of ether oxygens (including phenoxy) is 2. The summed E-state index contributed by atoms with van der Waals surface area (Å²) < 4.78 is 11.2. The lowest BCUT2D eigenvalue weighted by Crippen LogP contribution is -2.50. The van der Waals surface area contributed by atoms with Crippen LogP contribution in [0.4, 0.5) is 0 Å². The molecule has 0 unspecified atom stereocenters. The maximum atomic E-state index is 10.7. The zero-order valence-corrected chi connectivity index (χ0v) is 15.1. The number of aliphatic hydroxyl groups excluding tert-OH is 1. The first-order valence-electron chi connectivity index (χ1n) is 8.62. The highest BCUT2D eigenvalue weighted by atomic mass is 35.5. The van der Waals surface area contributed by atoms with E-state index in [9.17, 15) is 5.11 Å².